The molecule has 476 valence electrons. The van der Waals surface area contributed by atoms with Crippen LogP contribution in [0.5, 0.6) is 0 Å². The molecule has 4 aliphatic rings. The summed E-state index contributed by atoms with van der Waals surface area (Å²) in [5.41, 5.74) is 32.3. The second-order valence-corrected chi connectivity index (χ2v) is 26.3. The van der Waals surface area contributed by atoms with Gasteiger partial charge in [0, 0.05) is 88.6 Å². The molecule has 0 unspecified atom stereocenters. The van der Waals surface area contributed by atoms with Gasteiger partial charge in [-0.15, -0.1) is 0 Å². The number of rotatable bonds is 8. The van der Waals surface area contributed by atoms with Crippen LogP contribution in [0.1, 0.15) is 45.6 Å². The van der Waals surface area contributed by atoms with Gasteiger partial charge < -0.3 is 19.9 Å². The van der Waals surface area contributed by atoms with Crippen LogP contribution in [0.4, 0.5) is 0 Å². The van der Waals surface area contributed by atoms with E-state index >= 15 is 0 Å². The molecule has 0 spiro atoms. The van der Waals surface area contributed by atoms with Crippen LogP contribution in [0.25, 0.3) is 182 Å². The van der Waals surface area contributed by atoms with Crippen molar-refractivity contribution >= 4 is 112 Å². The van der Waals surface area contributed by atoms with Crippen LogP contribution in [-0.2, 0) is 15.9 Å². The van der Waals surface area contributed by atoms with Crippen molar-refractivity contribution in [3.05, 3.63) is 337 Å². The molecular formula is C88H60Cl2N8Pd. The maximum atomic E-state index is 5.35. The van der Waals surface area contributed by atoms with Crippen LogP contribution in [0, 0.1) is 0 Å². The van der Waals surface area contributed by atoms with Crippen molar-refractivity contribution in [2.75, 3.05) is 0 Å². The summed E-state index contributed by atoms with van der Waals surface area (Å²) in [6.07, 6.45) is 17.1. The van der Waals surface area contributed by atoms with E-state index in [2.05, 4.69) is 311 Å². The van der Waals surface area contributed by atoms with Crippen molar-refractivity contribution in [3.8, 4) is 89.0 Å². The second-order valence-electron chi connectivity index (χ2n) is 24.0. The molecule has 4 aliphatic heterocycles. The molecule has 0 radical (unpaired) electrons. The van der Waals surface area contributed by atoms with Crippen LogP contribution in [-0.4, -0.2) is 39.9 Å². The van der Waals surface area contributed by atoms with Crippen LogP contribution in [0.2, 0.25) is 0 Å². The first-order chi connectivity index (χ1) is 49.0. The summed E-state index contributed by atoms with van der Waals surface area (Å²) >= 11 is -0.106. The summed E-state index contributed by atoms with van der Waals surface area (Å²) in [6, 6.07) is 101. The third-order valence-electron chi connectivity index (χ3n) is 18.0. The monoisotopic (exact) mass is 1400 g/mol. The Bertz CT molecular complexity index is 4750. The molecule has 14 aromatic rings. The van der Waals surface area contributed by atoms with Gasteiger partial charge in [-0.3, -0.25) is 0 Å². The number of aromatic amines is 4. The Morgan fingerprint density at radius 2 is 0.283 bits per heavy atom. The fourth-order valence-electron chi connectivity index (χ4n) is 13.7. The summed E-state index contributed by atoms with van der Waals surface area (Å²) in [5, 5.41) is 0. The van der Waals surface area contributed by atoms with E-state index in [-0.39, 0.29) is 15.9 Å². The number of aromatic nitrogens is 8. The van der Waals surface area contributed by atoms with E-state index in [4.69, 9.17) is 39.0 Å². The van der Waals surface area contributed by atoms with Gasteiger partial charge in [0.1, 0.15) is 0 Å². The molecule has 4 N–H and O–H groups in total. The van der Waals surface area contributed by atoms with Crippen LogP contribution < -0.4 is 0 Å². The normalized spacial score (nSPS) is 11.9. The fourth-order valence-corrected chi connectivity index (χ4v) is 13.7. The molecule has 99 heavy (non-hydrogen) atoms. The van der Waals surface area contributed by atoms with Gasteiger partial charge in [0.2, 0.25) is 0 Å². The van der Waals surface area contributed by atoms with Crippen molar-refractivity contribution in [1.29, 1.82) is 0 Å². The van der Waals surface area contributed by atoms with E-state index in [1.54, 1.807) is 0 Å². The molecule has 0 aliphatic carbocycles. The molecule has 8 nitrogen and oxygen atoms in total. The third-order valence-corrected chi connectivity index (χ3v) is 18.0. The number of halogens is 2. The zero-order valence-electron chi connectivity index (χ0n) is 53.2. The maximum absolute atomic E-state index is 5.35. The third kappa shape index (κ3) is 12.6. The van der Waals surface area contributed by atoms with Gasteiger partial charge in [-0.2, -0.15) is 0 Å². The number of benzene rings is 8. The fraction of sp³-hybridized carbons (Fsp3) is 0. The average Bonchev–Trinajstić information content (AvgIpc) is 1.64. The minimum atomic E-state index is -0.106. The van der Waals surface area contributed by atoms with E-state index in [9.17, 15) is 0 Å². The van der Waals surface area contributed by atoms with E-state index < -0.39 is 0 Å². The van der Waals surface area contributed by atoms with Crippen molar-refractivity contribution in [3.63, 3.8) is 0 Å². The summed E-state index contributed by atoms with van der Waals surface area (Å²) in [6.45, 7) is 0. The molecule has 0 saturated heterocycles. The summed E-state index contributed by atoms with van der Waals surface area (Å²) in [7, 11) is 9.63. The molecule has 11 heteroatoms. The quantitative estimate of drug-likeness (QED) is 0.113. The molecule has 10 heterocycles. The van der Waals surface area contributed by atoms with Crippen molar-refractivity contribution in [1.82, 2.24) is 39.9 Å². The Balaban J connectivity index is 0.000000149. The average molecular weight is 1410 g/mol. The minimum absolute atomic E-state index is 0.106. The molecule has 0 atom stereocenters. The van der Waals surface area contributed by atoms with E-state index in [0.29, 0.717) is 0 Å². The van der Waals surface area contributed by atoms with Crippen molar-refractivity contribution in [2.45, 2.75) is 0 Å². The standard InChI is InChI=1S/2C44H30N4.2ClH.Pd/c2*1-5-13-29(14-6-1)41-33-21-23-35(45-33)42(30-15-7-2-8-16-30)37-25-27-39(47-37)44(32-19-11-4-12-20-32)40-28-26-38(48-40)43(31-17-9-3-10-18-31)36-24-22-34(41)46-36;;;/h2*1-28,45,48H;2*1H;/q;;;;+2/p-2. The van der Waals surface area contributed by atoms with Gasteiger partial charge in [-0.1, -0.05) is 243 Å². The van der Waals surface area contributed by atoms with Crippen LogP contribution in [0.15, 0.2) is 291 Å². The first-order valence-electron chi connectivity index (χ1n) is 32.6. The van der Waals surface area contributed by atoms with Gasteiger partial charge in [0.05, 0.1) is 45.6 Å². The second kappa shape index (κ2) is 28.1. The van der Waals surface area contributed by atoms with E-state index in [1.807, 2.05) is 48.5 Å². The molecule has 0 amide bonds. The van der Waals surface area contributed by atoms with Crippen LogP contribution >= 0.6 is 19.1 Å². The number of H-pyrrole nitrogens is 4. The Morgan fingerprint density at radius 3 is 0.394 bits per heavy atom. The molecule has 8 aromatic carbocycles. The Morgan fingerprint density at radius 1 is 0.172 bits per heavy atom. The predicted octanol–water partition coefficient (Wildman–Crippen LogP) is 24.0. The molecule has 6 aromatic heterocycles. The summed E-state index contributed by atoms with van der Waals surface area (Å²) in [5.74, 6) is 0. The van der Waals surface area contributed by atoms with Gasteiger partial charge in [0.25, 0.3) is 0 Å². The first kappa shape index (κ1) is 62.0. The van der Waals surface area contributed by atoms with E-state index in [1.165, 1.54) is 0 Å². The molecule has 0 fully saturated rings. The van der Waals surface area contributed by atoms with Crippen molar-refractivity contribution < 1.29 is 15.9 Å². The number of hydrogen-bond acceptors (Lipinski definition) is 4. The molecule has 18 rings (SSSR count). The molecule has 16 bridgehead atoms. The van der Waals surface area contributed by atoms with Gasteiger partial charge in [-0.25, -0.2) is 19.9 Å². The van der Waals surface area contributed by atoms with Crippen molar-refractivity contribution in [2.24, 2.45) is 0 Å². The molecule has 0 saturated carbocycles. The number of nitrogens with zero attached hydrogens (tertiary/aromatic N) is 4. The van der Waals surface area contributed by atoms with E-state index in [0.717, 1.165) is 179 Å². The Labute approximate surface area is 589 Å². The summed E-state index contributed by atoms with van der Waals surface area (Å²) < 4.78 is 0. The molecular weight excluding hydrogens is 1350 g/mol. The van der Waals surface area contributed by atoms with Gasteiger partial charge >= 0.3 is 35.0 Å². The zero-order chi connectivity index (χ0) is 66.4. The Kier molecular flexibility index (Phi) is 17.6. The number of nitrogens with one attached hydrogen (secondary N) is 4. The SMILES string of the molecule is C1=Cc2nc1c(-c1ccccc1)c1ccc([nH]1)c(-c1ccccc1)c1nc(c(-c3ccccc3)c3ccc([nH]3)c2-c2ccccc2)C=C1.C1=Cc2nc1c(-c1ccccc1)c1ccc([nH]1)c(-c1ccccc1)c1nc(c(-c3ccccc3)c3ccc([nH]3)c2-c2ccccc2)C=C1.[Cl][Pd][Cl]. The predicted molar refractivity (Wildman–Crippen MR) is 413 cm³/mol. The zero-order valence-corrected chi connectivity index (χ0v) is 56.3. The number of fused-ring (bicyclic) bond motifs is 16. The number of hydrogen-bond donors (Lipinski definition) is 4. The summed E-state index contributed by atoms with van der Waals surface area (Å²) in [4.78, 5) is 36.6. The van der Waals surface area contributed by atoms with Gasteiger partial charge in [0.15, 0.2) is 0 Å². The Hall–Kier alpha value is -11.8. The van der Waals surface area contributed by atoms with Gasteiger partial charge in [-0.05, 0) is 142 Å². The topological polar surface area (TPSA) is 115 Å². The van der Waals surface area contributed by atoms with Crippen LogP contribution in [0.3, 0.4) is 0 Å². The first-order valence-corrected chi connectivity index (χ1v) is 36.6.